The molecule has 2 fully saturated rings. The van der Waals surface area contributed by atoms with Crippen molar-refractivity contribution in [2.45, 2.75) is 19.5 Å². The minimum absolute atomic E-state index is 0.0837. The Balaban J connectivity index is 1.36. The molecule has 31 heavy (non-hydrogen) atoms. The van der Waals surface area contributed by atoms with Gasteiger partial charge in [-0.05, 0) is 40.5 Å². The van der Waals surface area contributed by atoms with Crippen LogP contribution in [0, 0.1) is 0 Å². The number of thioether (sulfide) groups is 1. The highest BCUT2D eigenvalue weighted by Crippen LogP contribution is 2.33. The molecule has 0 unspecified atom stereocenters. The van der Waals surface area contributed by atoms with Gasteiger partial charge in [0.15, 0.2) is 5.78 Å². The molecule has 2 aromatic rings. The number of aromatic nitrogens is 1. The Bertz CT molecular complexity index is 1070. The first-order valence-corrected chi connectivity index (χ1v) is 11.4. The summed E-state index contributed by atoms with van der Waals surface area (Å²) < 4.78 is 5.40. The van der Waals surface area contributed by atoms with Crippen LogP contribution < -0.4 is 0 Å². The minimum Gasteiger partial charge on any atom is -0.379 e. The van der Waals surface area contributed by atoms with E-state index in [-0.39, 0.29) is 29.2 Å². The second-order valence-electron chi connectivity index (χ2n) is 8.04. The summed E-state index contributed by atoms with van der Waals surface area (Å²) in [5, 5.41) is -0.212. The van der Waals surface area contributed by atoms with Gasteiger partial charge in [0, 0.05) is 43.5 Å². The molecule has 1 aliphatic carbocycles. The van der Waals surface area contributed by atoms with Crippen LogP contribution >= 0.6 is 11.8 Å². The largest absolute Gasteiger partial charge is 0.379 e. The van der Waals surface area contributed by atoms with Crippen LogP contribution in [0.1, 0.15) is 27.9 Å². The molecule has 0 radical (unpaired) electrons. The monoisotopic (exact) mass is 437 g/mol. The summed E-state index contributed by atoms with van der Waals surface area (Å²) in [5.74, 6) is 0.120. The molecule has 3 aliphatic rings. The van der Waals surface area contributed by atoms with Crippen LogP contribution in [0.4, 0.5) is 4.79 Å². The van der Waals surface area contributed by atoms with Crippen molar-refractivity contribution in [3.8, 4) is 0 Å². The maximum Gasteiger partial charge on any atom is 0.289 e. The van der Waals surface area contributed by atoms with Crippen LogP contribution in [0.25, 0.3) is 11.6 Å². The number of hydrogen-bond donors (Lipinski definition) is 1. The second-order valence-corrected chi connectivity index (χ2v) is 8.96. The van der Waals surface area contributed by atoms with Crippen molar-refractivity contribution in [3.05, 3.63) is 58.4 Å². The van der Waals surface area contributed by atoms with Gasteiger partial charge in [-0.3, -0.25) is 24.2 Å². The number of Topliss-reactive ketones (excluding diaryl/α,β-unsaturated/α-hetero) is 1. The summed E-state index contributed by atoms with van der Waals surface area (Å²) in [6, 6.07) is 7.84. The molecule has 2 amide bonds. The number of ketones is 1. The van der Waals surface area contributed by atoms with Gasteiger partial charge in [-0.15, -0.1) is 0 Å². The van der Waals surface area contributed by atoms with Crippen LogP contribution in [-0.4, -0.2) is 63.8 Å². The Hall–Kier alpha value is -2.68. The highest BCUT2D eigenvalue weighted by atomic mass is 32.2. The summed E-state index contributed by atoms with van der Waals surface area (Å²) in [5.41, 5.74) is 5.46. The number of aromatic amines is 1. The fourth-order valence-electron chi connectivity index (χ4n) is 4.23. The van der Waals surface area contributed by atoms with Crippen LogP contribution in [0.2, 0.25) is 0 Å². The van der Waals surface area contributed by atoms with Crippen molar-refractivity contribution in [1.82, 2.24) is 14.8 Å². The van der Waals surface area contributed by atoms with Gasteiger partial charge in [0.2, 0.25) is 5.91 Å². The predicted molar refractivity (Wildman–Crippen MR) is 118 cm³/mol. The molecule has 5 rings (SSSR count). The van der Waals surface area contributed by atoms with Gasteiger partial charge < -0.3 is 9.72 Å². The molecular formula is C23H23N3O4S. The van der Waals surface area contributed by atoms with E-state index < -0.39 is 0 Å². The van der Waals surface area contributed by atoms with Crippen molar-refractivity contribution in [3.63, 3.8) is 0 Å². The number of amides is 2. The number of ether oxygens (including phenoxy) is 1. The molecule has 7 nitrogen and oxygen atoms in total. The third kappa shape index (κ3) is 4.23. The van der Waals surface area contributed by atoms with Gasteiger partial charge in [-0.1, -0.05) is 23.9 Å². The fraction of sp³-hybridized carbons (Fsp3) is 0.348. The minimum atomic E-state index is -0.212. The molecule has 0 bridgehead atoms. The van der Waals surface area contributed by atoms with Gasteiger partial charge in [0.25, 0.3) is 5.24 Å². The Kier molecular flexibility index (Phi) is 5.52. The van der Waals surface area contributed by atoms with Crippen LogP contribution in [0.3, 0.4) is 0 Å². The second kappa shape index (κ2) is 8.45. The average molecular weight is 438 g/mol. The van der Waals surface area contributed by atoms with Gasteiger partial charge in [-0.2, -0.15) is 0 Å². The summed E-state index contributed by atoms with van der Waals surface area (Å²) in [4.78, 5) is 43.4. The molecule has 1 aromatic carbocycles. The molecule has 2 aliphatic heterocycles. The van der Waals surface area contributed by atoms with Gasteiger partial charge >= 0.3 is 0 Å². The van der Waals surface area contributed by atoms with E-state index in [2.05, 4.69) is 16.0 Å². The molecule has 0 atom stereocenters. The van der Waals surface area contributed by atoms with E-state index in [1.807, 2.05) is 30.5 Å². The quantitative estimate of drug-likeness (QED) is 0.725. The predicted octanol–water partition coefficient (Wildman–Crippen LogP) is 2.71. The van der Waals surface area contributed by atoms with Crippen molar-refractivity contribution < 1.29 is 19.1 Å². The lowest BCUT2D eigenvalue weighted by atomic mass is 10.0. The van der Waals surface area contributed by atoms with E-state index in [4.69, 9.17) is 4.74 Å². The van der Waals surface area contributed by atoms with Gasteiger partial charge in [-0.25, -0.2) is 0 Å². The van der Waals surface area contributed by atoms with Crippen molar-refractivity contribution in [2.75, 3.05) is 32.1 Å². The smallest absolute Gasteiger partial charge is 0.289 e. The van der Waals surface area contributed by atoms with E-state index >= 15 is 0 Å². The van der Waals surface area contributed by atoms with E-state index in [1.54, 1.807) is 0 Å². The van der Waals surface area contributed by atoms with Crippen LogP contribution in [-0.2, 0) is 33.8 Å². The number of carbonyl (C=O) groups excluding carboxylic acids is 3. The standard InChI is InChI=1S/C23H23N3O4S/c27-21-9-17-2-1-15(13-26-22(28)14-31-23(26)29)8-19(17)20(21)10-18-7-16(11-24-18)12-25-3-5-30-6-4-25/h1-2,7-8,10-11,24H,3-6,9,12-14H2/b20-10-. The first-order chi connectivity index (χ1) is 15.1. The third-order valence-corrected chi connectivity index (χ3v) is 6.73. The highest BCUT2D eigenvalue weighted by Gasteiger charge is 2.31. The number of allylic oxidation sites excluding steroid dienone is 1. The Morgan fingerprint density at radius 1 is 1.06 bits per heavy atom. The summed E-state index contributed by atoms with van der Waals surface area (Å²) in [7, 11) is 0. The number of hydrogen-bond acceptors (Lipinski definition) is 6. The maximum absolute atomic E-state index is 12.7. The summed E-state index contributed by atoms with van der Waals surface area (Å²) in [6.07, 6.45) is 4.27. The molecule has 160 valence electrons. The van der Waals surface area contributed by atoms with E-state index in [1.165, 1.54) is 10.5 Å². The first-order valence-electron chi connectivity index (χ1n) is 10.4. The lowest BCUT2D eigenvalue weighted by Crippen LogP contribution is -2.35. The van der Waals surface area contributed by atoms with Crippen molar-refractivity contribution >= 4 is 40.3 Å². The van der Waals surface area contributed by atoms with E-state index in [0.29, 0.717) is 12.0 Å². The molecule has 8 heteroatoms. The van der Waals surface area contributed by atoms with Crippen LogP contribution in [0.15, 0.2) is 30.5 Å². The molecule has 0 saturated carbocycles. The lowest BCUT2D eigenvalue weighted by molar-refractivity contribution is -0.125. The van der Waals surface area contributed by atoms with Gasteiger partial charge in [0.05, 0.1) is 25.5 Å². The third-order valence-electron chi connectivity index (χ3n) is 5.87. The normalized spacial score (nSPS) is 20.8. The number of fused-ring (bicyclic) bond motifs is 1. The van der Waals surface area contributed by atoms with Crippen LogP contribution in [0.5, 0.6) is 0 Å². The Labute approximate surface area is 184 Å². The van der Waals surface area contributed by atoms with E-state index in [0.717, 1.165) is 67.0 Å². The average Bonchev–Trinajstić information content (AvgIpc) is 3.43. The van der Waals surface area contributed by atoms with Crippen molar-refractivity contribution in [2.24, 2.45) is 0 Å². The molecule has 0 spiro atoms. The number of morpholine rings is 1. The molecule has 1 aromatic heterocycles. The number of nitrogens with one attached hydrogen (secondary N) is 1. The number of imide groups is 1. The molecule has 1 N–H and O–H groups in total. The number of rotatable bonds is 5. The summed E-state index contributed by atoms with van der Waals surface area (Å²) >= 11 is 1.03. The molecule has 3 heterocycles. The zero-order chi connectivity index (χ0) is 21.4. The first kappa shape index (κ1) is 20.2. The number of H-pyrrole nitrogens is 1. The zero-order valence-corrected chi connectivity index (χ0v) is 17.9. The number of nitrogens with zero attached hydrogens (tertiary/aromatic N) is 2. The Morgan fingerprint density at radius 2 is 1.90 bits per heavy atom. The Morgan fingerprint density at radius 3 is 2.68 bits per heavy atom. The molecule has 2 saturated heterocycles. The molecular weight excluding hydrogens is 414 g/mol. The zero-order valence-electron chi connectivity index (χ0n) is 17.1. The van der Waals surface area contributed by atoms with Crippen molar-refractivity contribution in [1.29, 1.82) is 0 Å². The number of carbonyl (C=O) groups is 3. The maximum atomic E-state index is 12.7. The highest BCUT2D eigenvalue weighted by molar-refractivity contribution is 8.14. The van der Waals surface area contributed by atoms with E-state index in [9.17, 15) is 14.4 Å². The summed E-state index contributed by atoms with van der Waals surface area (Å²) in [6.45, 7) is 4.48. The topological polar surface area (TPSA) is 82.7 Å². The fourth-order valence-corrected chi connectivity index (χ4v) is 4.95. The SMILES string of the molecule is O=C1Cc2ccc(CN3C(=O)CSC3=O)cc2/C1=C/c1cc(CN2CCOCC2)c[nH]1. The lowest BCUT2D eigenvalue weighted by Gasteiger charge is -2.25. The number of benzene rings is 1. The van der Waals surface area contributed by atoms with Gasteiger partial charge in [0.1, 0.15) is 0 Å².